The van der Waals surface area contributed by atoms with E-state index in [-0.39, 0.29) is 5.91 Å². The number of halogens is 1. The van der Waals surface area contributed by atoms with E-state index in [4.69, 9.17) is 0 Å². The van der Waals surface area contributed by atoms with Crippen LogP contribution in [0.5, 0.6) is 0 Å². The number of carbonyl (C=O) groups is 1. The van der Waals surface area contributed by atoms with E-state index in [2.05, 4.69) is 27.3 Å². The summed E-state index contributed by atoms with van der Waals surface area (Å²) in [7, 11) is 0. The summed E-state index contributed by atoms with van der Waals surface area (Å²) >= 11 is 3.39. The van der Waals surface area contributed by atoms with Crippen molar-refractivity contribution in [1.29, 1.82) is 0 Å². The quantitative estimate of drug-likeness (QED) is 0.829. The molecule has 0 aliphatic heterocycles. The molecule has 0 bridgehead atoms. The highest BCUT2D eigenvalue weighted by atomic mass is 79.9. The molecule has 0 atom stereocenters. The number of carbonyl (C=O) groups excluding carboxylic acids is 1. The van der Waals surface area contributed by atoms with Gasteiger partial charge in [-0.1, -0.05) is 28.1 Å². The Labute approximate surface area is 111 Å². The number of alkyl halides is 1. The molecule has 1 aliphatic rings. The highest BCUT2D eigenvalue weighted by molar-refractivity contribution is 9.10. The maximum absolute atomic E-state index is 12.0. The zero-order chi connectivity index (χ0) is 12.5. The minimum Gasteiger partial charge on any atom is -0.325 e. The zero-order valence-corrected chi connectivity index (χ0v) is 11.9. The molecule has 2 rings (SSSR count). The third-order valence-corrected chi connectivity index (χ3v) is 3.54. The van der Waals surface area contributed by atoms with Crippen molar-refractivity contribution in [2.24, 2.45) is 0 Å². The van der Waals surface area contributed by atoms with Gasteiger partial charge in [-0.15, -0.1) is 0 Å². The van der Waals surface area contributed by atoms with Crippen LogP contribution in [0, 0.1) is 0 Å². The molecule has 17 heavy (non-hydrogen) atoms. The van der Waals surface area contributed by atoms with Crippen LogP contribution < -0.4 is 5.32 Å². The summed E-state index contributed by atoms with van der Waals surface area (Å²) in [6, 6.07) is 6.20. The van der Waals surface area contributed by atoms with Gasteiger partial charge in [0.15, 0.2) is 0 Å². The van der Waals surface area contributed by atoms with Crippen LogP contribution in [0.4, 0.5) is 5.69 Å². The highest BCUT2D eigenvalue weighted by Crippen LogP contribution is 2.29. The lowest BCUT2D eigenvalue weighted by atomic mass is 9.90. The molecule has 0 aromatic heterocycles. The van der Waals surface area contributed by atoms with Gasteiger partial charge in [0.25, 0.3) is 0 Å². The maximum atomic E-state index is 12.0. The second-order valence-electron chi connectivity index (χ2n) is 5.08. The van der Waals surface area contributed by atoms with Crippen molar-refractivity contribution in [3.05, 3.63) is 29.3 Å². The van der Waals surface area contributed by atoms with Crippen molar-refractivity contribution in [2.75, 3.05) is 5.32 Å². The summed E-state index contributed by atoms with van der Waals surface area (Å²) in [4.78, 5) is 12.0. The first-order valence-electron chi connectivity index (χ1n) is 6.09. The normalized spacial score (nSPS) is 15.2. The molecule has 0 saturated carbocycles. The van der Waals surface area contributed by atoms with Crippen LogP contribution in [0.15, 0.2) is 18.2 Å². The molecule has 0 unspecified atom stereocenters. The lowest BCUT2D eigenvalue weighted by Crippen LogP contribution is -2.31. The van der Waals surface area contributed by atoms with Gasteiger partial charge < -0.3 is 5.32 Å². The summed E-state index contributed by atoms with van der Waals surface area (Å²) in [5, 5.41) is 3.02. The van der Waals surface area contributed by atoms with E-state index in [1.54, 1.807) is 0 Å². The van der Waals surface area contributed by atoms with E-state index in [9.17, 15) is 4.79 Å². The number of anilines is 1. The van der Waals surface area contributed by atoms with Gasteiger partial charge in [-0.25, -0.2) is 0 Å². The van der Waals surface area contributed by atoms with Gasteiger partial charge >= 0.3 is 0 Å². The number of rotatable bonds is 2. The molecule has 1 aromatic carbocycles. The van der Waals surface area contributed by atoms with Crippen LogP contribution in [0.25, 0.3) is 0 Å². The van der Waals surface area contributed by atoms with Crippen molar-refractivity contribution in [2.45, 2.75) is 43.9 Å². The molecular weight excluding hydrogens is 278 g/mol. The molecule has 1 amide bonds. The van der Waals surface area contributed by atoms with Gasteiger partial charge in [-0.3, -0.25) is 4.79 Å². The number of benzene rings is 1. The van der Waals surface area contributed by atoms with Crippen molar-refractivity contribution in [1.82, 2.24) is 0 Å². The monoisotopic (exact) mass is 295 g/mol. The molecule has 1 aliphatic carbocycles. The summed E-state index contributed by atoms with van der Waals surface area (Å²) in [6.45, 7) is 3.72. The first-order chi connectivity index (χ1) is 7.98. The van der Waals surface area contributed by atoms with E-state index in [0.717, 1.165) is 18.5 Å². The number of amides is 1. The second kappa shape index (κ2) is 4.81. The third-order valence-electron chi connectivity index (χ3n) is 3.18. The first kappa shape index (κ1) is 12.6. The lowest BCUT2D eigenvalue weighted by molar-refractivity contribution is -0.117. The van der Waals surface area contributed by atoms with Gasteiger partial charge in [-0.05, 0) is 56.7 Å². The third kappa shape index (κ3) is 2.89. The summed E-state index contributed by atoms with van der Waals surface area (Å²) in [6.07, 6.45) is 4.69. The average molecular weight is 296 g/mol. The topological polar surface area (TPSA) is 29.1 Å². The Bertz CT molecular complexity index is 434. The Hall–Kier alpha value is -0.830. The molecule has 0 heterocycles. The number of hydrogen-bond acceptors (Lipinski definition) is 1. The SMILES string of the molecule is CC(C)(Br)C(=O)Nc1cccc2c1CCCC2. The first-order valence-corrected chi connectivity index (χ1v) is 6.89. The van der Waals surface area contributed by atoms with Gasteiger partial charge in [0, 0.05) is 5.69 Å². The van der Waals surface area contributed by atoms with Crippen LogP contribution in [0.2, 0.25) is 0 Å². The molecule has 0 spiro atoms. The van der Waals surface area contributed by atoms with E-state index in [1.165, 1.54) is 24.0 Å². The van der Waals surface area contributed by atoms with Crippen LogP contribution in [-0.4, -0.2) is 10.2 Å². The molecule has 0 saturated heterocycles. The van der Waals surface area contributed by atoms with Crippen LogP contribution in [-0.2, 0) is 17.6 Å². The van der Waals surface area contributed by atoms with Crippen LogP contribution in [0.3, 0.4) is 0 Å². The van der Waals surface area contributed by atoms with Crippen LogP contribution >= 0.6 is 15.9 Å². The minimum atomic E-state index is -0.523. The highest BCUT2D eigenvalue weighted by Gasteiger charge is 2.24. The fraction of sp³-hybridized carbons (Fsp3) is 0.500. The standard InChI is InChI=1S/C14H18BrNO/c1-14(2,15)13(17)16-12-9-5-7-10-6-3-4-8-11(10)12/h5,7,9H,3-4,6,8H2,1-2H3,(H,16,17). The Morgan fingerprint density at radius 3 is 2.71 bits per heavy atom. The Morgan fingerprint density at radius 1 is 1.29 bits per heavy atom. The van der Waals surface area contributed by atoms with Crippen molar-refractivity contribution >= 4 is 27.5 Å². The van der Waals surface area contributed by atoms with Crippen molar-refractivity contribution in [3.63, 3.8) is 0 Å². The summed E-state index contributed by atoms with van der Waals surface area (Å²) in [5.74, 6) is 0.0106. The van der Waals surface area contributed by atoms with Crippen LogP contribution in [0.1, 0.15) is 37.8 Å². The van der Waals surface area contributed by atoms with E-state index in [0.29, 0.717) is 0 Å². The Morgan fingerprint density at radius 2 is 2.00 bits per heavy atom. The molecule has 1 N–H and O–H groups in total. The average Bonchev–Trinajstić information content (AvgIpc) is 2.28. The van der Waals surface area contributed by atoms with Crippen molar-refractivity contribution < 1.29 is 4.79 Å². The van der Waals surface area contributed by atoms with Gasteiger partial charge in [0.2, 0.25) is 5.91 Å². The molecule has 0 fully saturated rings. The summed E-state index contributed by atoms with van der Waals surface area (Å²) in [5.41, 5.74) is 3.70. The maximum Gasteiger partial charge on any atom is 0.240 e. The molecule has 3 heteroatoms. The molecular formula is C14H18BrNO. The van der Waals surface area contributed by atoms with E-state index in [1.807, 2.05) is 26.0 Å². The van der Waals surface area contributed by atoms with Crippen molar-refractivity contribution in [3.8, 4) is 0 Å². The number of hydrogen-bond donors (Lipinski definition) is 1. The number of nitrogens with one attached hydrogen (secondary N) is 1. The zero-order valence-electron chi connectivity index (χ0n) is 10.3. The molecule has 92 valence electrons. The largest absolute Gasteiger partial charge is 0.325 e. The number of aryl methyl sites for hydroxylation is 1. The minimum absolute atomic E-state index is 0.0106. The summed E-state index contributed by atoms with van der Waals surface area (Å²) < 4.78 is -0.523. The molecule has 0 radical (unpaired) electrons. The van der Waals surface area contributed by atoms with Gasteiger partial charge in [-0.2, -0.15) is 0 Å². The fourth-order valence-electron chi connectivity index (χ4n) is 2.17. The van der Waals surface area contributed by atoms with E-state index < -0.39 is 4.32 Å². The van der Waals surface area contributed by atoms with Gasteiger partial charge in [0.1, 0.15) is 0 Å². The Balaban J connectivity index is 2.25. The smallest absolute Gasteiger partial charge is 0.240 e. The van der Waals surface area contributed by atoms with E-state index >= 15 is 0 Å². The fourth-order valence-corrected chi connectivity index (χ4v) is 2.27. The Kier molecular flexibility index (Phi) is 3.57. The second-order valence-corrected chi connectivity index (χ2v) is 7.06. The molecule has 2 nitrogen and oxygen atoms in total. The van der Waals surface area contributed by atoms with Gasteiger partial charge in [0.05, 0.1) is 4.32 Å². The number of fused-ring (bicyclic) bond motifs is 1. The molecule has 1 aromatic rings. The predicted octanol–water partition coefficient (Wildman–Crippen LogP) is 3.68. The lowest BCUT2D eigenvalue weighted by Gasteiger charge is -2.22. The predicted molar refractivity (Wildman–Crippen MR) is 74.7 cm³/mol.